The van der Waals surface area contributed by atoms with Crippen LogP contribution in [0.3, 0.4) is 0 Å². The molecule has 1 N–H and O–H groups in total. The van der Waals surface area contributed by atoms with Gasteiger partial charge in [0.1, 0.15) is 0 Å². The molecule has 0 saturated carbocycles. The van der Waals surface area contributed by atoms with Crippen molar-refractivity contribution in [1.82, 2.24) is 9.80 Å². The Morgan fingerprint density at radius 3 is 2.59 bits per heavy atom. The number of aliphatic carboxylic acids is 1. The molecule has 0 aromatic rings. The fourth-order valence-corrected chi connectivity index (χ4v) is 2.53. The summed E-state index contributed by atoms with van der Waals surface area (Å²) in [6, 6.07) is 0. The Morgan fingerprint density at radius 1 is 1.41 bits per heavy atom. The fraction of sp³-hybridized carbons (Fsp3) is 0.923. The van der Waals surface area contributed by atoms with Gasteiger partial charge < -0.3 is 14.9 Å². The highest BCUT2D eigenvalue weighted by Crippen LogP contribution is 2.29. The SMILES string of the molecule is CCN(CC)CCN1CCCC(C)(C(=O)O)C1. The Bertz CT molecular complexity index is 254. The molecule has 1 fully saturated rings. The lowest BCUT2D eigenvalue weighted by Crippen LogP contribution is -2.48. The summed E-state index contributed by atoms with van der Waals surface area (Å²) in [7, 11) is 0. The van der Waals surface area contributed by atoms with Gasteiger partial charge in [-0.2, -0.15) is 0 Å². The Hall–Kier alpha value is -0.610. The van der Waals surface area contributed by atoms with E-state index >= 15 is 0 Å². The van der Waals surface area contributed by atoms with Gasteiger partial charge in [0.15, 0.2) is 0 Å². The zero-order valence-corrected chi connectivity index (χ0v) is 11.4. The molecule has 4 heteroatoms. The second-order valence-corrected chi connectivity index (χ2v) is 5.27. The summed E-state index contributed by atoms with van der Waals surface area (Å²) in [6.07, 6.45) is 1.81. The van der Waals surface area contributed by atoms with Crippen LogP contribution in [0.4, 0.5) is 0 Å². The third kappa shape index (κ3) is 3.96. The predicted molar refractivity (Wildman–Crippen MR) is 69.2 cm³/mol. The van der Waals surface area contributed by atoms with E-state index in [4.69, 9.17) is 0 Å². The van der Waals surface area contributed by atoms with Crippen LogP contribution in [0.25, 0.3) is 0 Å². The van der Waals surface area contributed by atoms with Crippen LogP contribution in [0.1, 0.15) is 33.6 Å². The molecule has 0 aromatic heterocycles. The van der Waals surface area contributed by atoms with Crippen LogP contribution in [-0.4, -0.2) is 60.1 Å². The van der Waals surface area contributed by atoms with Crippen LogP contribution in [0, 0.1) is 5.41 Å². The van der Waals surface area contributed by atoms with Crippen LogP contribution in [0.5, 0.6) is 0 Å². The highest BCUT2D eigenvalue weighted by atomic mass is 16.4. The second-order valence-electron chi connectivity index (χ2n) is 5.27. The summed E-state index contributed by atoms with van der Waals surface area (Å²) < 4.78 is 0. The summed E-state index contributed by atoms with van der Waals surface area (Å²) >= 11 is 0. The van der Waals surface area contributed by atoms with Crippen molar-refractivity contribution in [2.75, 3.05) is 39.3 Å². The van der Waals surface area contributed by atoms with Gasteiger partial charge in [-0.25, -0.2) is 0 Å². The lowest BCUT2D eigenvalue weighted by Gasteiger charge is -2.38. The number of hydrogen-bond donors (Lipinski definition) is 1. The number of carboxylic acid groups (broad SMARTS) is 1. The summed E-state index contributed by atoms with van der Waals surface area (Å²) in [6.45, 7) is 12.1. The van der Waals surface area contributed by atoms with Crippen molar-refractivity contribution < 1.29 is 9.90 Å². The largest absolute Gasteiger partial charge is 0.481 e. The van der Waals surface area contributed by atoms with E-state index in [1.807, 2.05) is 6.92 Å². The van der Waals surface area contributed by atoms with Crippen LogP contribution in [0.15, 0.2) is 0 Å². The number of nitrogens with zero attached hydrogens (tertiary/aromatic N) is 2. The molecule has 1 unspecified atom stereocenters. The molecular weight excluding hydrogens is 216 g/mol. The second kappa shape index (κ2) is 6.36. The molecule has 1 rings (SSSR count). The zero-order valence-electron chi connectivity index (χ0n) is 11.4. The molecule has 1 heterocycles. The zero-order chi connectivity index (χ0) is 12.9. The van der Waals surface area contributed by atoms with Crippen LogP contribution in [-0.2, 0) is 4.79 Å². The van der Waals surface area contributed by atoms with Crippen molar-refractivity contribution in [3.8, 4) is 0 Å². The molecule has 4 nitrogen and oxygen atoms in total. The number of likely N-dealkylation sites (N-methyl/N-ethyl adjacent to an activating group) is 1. The van der Waals surface area contributed by atoms with Gasteiger partial charge in [0.2, 0.25) is 0 Å². The monoisotopic (exact) mass is 242 g/mol. The Labute approximate surface area is 105 Å². The molecule has 0 aliphatic carbocycles. The van der Waals surface area contributed by atoms with E-state index in [9.17, 15) is 9.90 Å². The summed E-state index contributed by atoms with van der Waals surface area (Å²) in [4.78, 5) is 15.9. The molecule has 17 heavy (non-hydrogen) atoms. The van der Waals surface area contributed by atoms with Gasteiger partial charge >= 0.3 is 5.97 Å². The first kappa shape index (κ1) is 14.5. The van der Waals surface area contributed by atoms with E-state index in [1.54, 1.807) is 0 Å². The first-order valence-corrected chi connectivity index (χ1v) is 6.70. The molecule has 0 radical (unpaired) electrons. The first-order chi connectivity index (χ1) is 8.01. The average Bonchev–Trinajstić information content (AvgIpc) is 2.30. The predicted octanol–water partition coefficient (Wildman–Crippen LogP) is 1.51. The number of piperidine rings is 1. The maximum absolute atomic E-state index is 11.2. The summed E-state index contributed by atoms with van der Waals surface area (Å²) in [5.41, 5.74) is -0.540. The molecule has 1 aliphatic rings. The van der Waals surface area contributed by atoms with E-state index < -0.39 is 11.4 Å². The van der Waals surface area contributed by atoms with Crippen molar-refractivity contribution >= 4 is 5.97 Å². The van der Waals surface area contributed by atoms with Gasteiger partial charge in [-0.15, -0.1) is 0 Å². The number of rotatable bonds is 6. The topological polar surface area (TPSA) is 43.8 Å². The highest BCUT2D eigenvalue weighted by Gasteiger charge is 2.37. The number of hydrogen-bond acceptors (Lipinski definition) is 3. The minimum atomic E-state index is -0.648. The van der Waals surface area contributed by atoms with Crippen LogP contribution >= 0.6 is 0 Å². The Kier molecular flexibility index (Phi) is 5.40. The number of carbonyl (C=O) groups is 1. The van der Waals surface area contributed by atoms with Gasteiger partial charge in [-0.1, -0.05) is 13.8 Å². The van der Waals surface area contributed by atoms with E-state index in [0.717, 1.165) is 45.6 Å². The van der Waals surface area contributed by atoms with Crippen LogP contribution in [0.2, 0.25) is 0 Å². The highest BCUT2D eigenvalue weighted by molar-refractivity contribution is 5.74. The van der Waals surface area contributed by atoms with Crippen molar-refractivity contribution in [2.45, 2.75) is 33.6 Å². The minimum absolute atomic E-state index is 0.540. The summed E-state index contributed by atoms with van der Waals surface area (Å²) in [5.74, 6) is -0.648. The average molecular weight is 242 g/mol. The van der Waals surface area contributed by atoms with Crippen molar-refractivity contribution in [2.24, 2.45) is 5.41 Å². The molecule has 100 valence electrons. The fourth-order valence-electron chi connectivity index (χ4n) is 2.53. The van der Waals surface area contributed by atoms with Gasteiger partial charge in [0.05, 0.1) is 5.41 Å². The van der Waals surface area contributed by atoms with E-state index in [0.29, 0.717) is 6.54 Å². The van der Waals surface area contributed by atoms with Gasteiger partial charge in [-0.05, 0) is 39.4 Å². The normalized spacial score (nSPS) is 26.4. The molecule has 0 amide bonds. The minimum Gasteiger partial charge on any atom is -0.481 e. The third-order valence-corrected chi connectivity index (χ3v) is 3.92. The third-order valence-electron chi connectivity index (χ3n) is 3.92. The standard InChI is InChI=1S/C13H26N2O2/c1-4-14(5-2)9-10-15-8-6-7-13(3,11-15)12(16)17/h4-11H2,1-3H3,(H,16,17). The van der Waals surface area contributed by atoms with E-state index in [2.05, 4.69) is 23.6 Å². The molecule has 1 atom stereocenters. The Balaban J connectivity index is 2.42. The number of likely N-dealkylation sites (tertiary alicyclic amines) is 1. The van der Waals surface area contributed by atoms with Crippen molar-refractivity contribution in [3.63, 3.8) is 0 Å². The van der Waals surface area contributed by atoms with E-state index in [1.165, 1.54) is 0 Å². The first-order valence-electron chi connectivity index (χ1n) is 6.70. The molecule has 1 aliphatic heterocycles. The molecule has 0 aromatic carbocycles. The number of carboxylic acids is 1. The van der Waals surface area contributed by atoms with Gasteiger partial charge in [0, 0.05) is 19.6 Å². The maximum Gasteiger partial charge on any atom is 0.310 e. The van der Waals surface area contributed by atoms with Gasteiger partial charge in [0.25, 0.3) is 0 Å². The molecule has 1 saturated heterocycles. The van der Waals surface area contributed by atoms with E-state index in [-0.39, 0.29) is 0 Å². The van der Waals surface area contributed by atoms with Crippen LogP contribution < -0.4 is 0 Å². The van der Waals surface area contributed by atoms with Crippen molar-refractivity contribution in [3.05, 3.63) is 0 Å². The molecule has 0 spiro atoms. The molecular formula is C13H26N2O2. The lowest BCUT2D eigenvalue weighted by molar-refractivity contribution is -0.151. The van der Waals surface area contributed by atoms with Gasteiger partial charge in [-0.3, -0.25) is 4.79 Å². The lowest BCUT2D eigenvalue weighted by atomic mass is 9.82. The molecule has 0 bridgehead atoms. The summed E-state index contributed by atoms with van der Waals surface area (Å²) in [5, 5.41) is 9.25. The maximum atomic E-state index is 11.2. The van der Waals surface area contributed by atoms with Crippen molar-refractivity contribution in [1.29, 1.82) is 0 Å². The smallest absolute Gasteiger partial charge is 0.310 e. The Morgan fingerprint density at radius 2 is 2.06 bits per heavy atom. The quantitative estimate of drug-likeness (QED) is 0.767.